The number of aliphatic carboxylic acids is 1. The SMILES string of the molecule is CCC(CC1CC1)NC(=O)N1CCC(CC)(C(=O)O)CC1. The van der Waals surface area contributed by atoms with Gasteiger partial charge in [-0.05, 0) is 38.0 Å². The summed E-state index contributed by atoms with van der Waals surface area (Å²) in [6.07, 6.45) is 6.41. The maximum Gasteiger partial charge on any atom is 0.317 e. The average Bonchev–Trinajstić information content (AvgIpc) is 3.30. The zero-order valence-electron chi connectivity index (χ0n) is 13.2. The van der Waals surface area contributed by atoms with Gasteiger partial charge < -0.3 is 15.3 Å². The normalized spacial score (nSPS) is 22.7. The first-order chi connectivity index (χ1) is 10.0. The highest BCUT2D eigenvalue weighted by Gasteiger charge is 2.41. The number of likely N-dealkylation sites (tertiary alicyclic amines) is 1. The largest absolute Gasteiger partial charge is 0.481 e. The number of hydrogen-bond donors (Lipinski definition) is 2. The van der Waals surface area contributed by atoms with Crippen LogP contribution in [-0.2, 0) is 4.79 Å². The van der Waals surface area contributed by atoms with Gasteiger partial charge in [-0.2, -0.15) is 0 Å². The van der Waals surface area contributed by atoms with Crippen LogP contribution in [0.3, 0.4) is 0 Å². The van der Waals surface area contributed by atoms with Gasteiger partial charge in [-0.15, -0.1) is 0 Å². The van der Waals surface area contributed by atoms with E-state index in [2.05, 4.69) is 12.2 Å². The third-order valence-electron chi connectivity index (χ3n) is 5.27. The summed E-state index contributed by atoms with van der Waals surface area (Å²) >= 11 is 0. The van der Waals surface area contributed by atoms with Crippen molar-refractivity contribution in [3.63, 3.8) is 0 Å². The van der Waals surface area contributed by atoms with Crippen molar-refractivity contribution < 1.29 is 14.7 Å². The zero-order chi connectivity index (χ0) is 15.5. The maximum absolute atomic E-state index is 12.3. The number of carboxylic acids is 1. The molecule has 120 valence electrons. The van der Waals surface area contributed by atoms with E-state index in [0.29, 0.717) is 32.4 Å². The molecule has 0 radical (unpaired) electrons. The van der Waals surface area contributed by atoms with E-state index in [1.165, 1.54) is 12.8 Å². The highest BCUT2D eigenvalue weighted by Crippen LogP contribution is 2.36. The number of nitrogens with zero attached hydrogens (tertiary/aromatic N) is 1. The summed E-state index contributed by atoms with van der Waals surface area (Å²) in [4.78, 5) is 25.5. The summed E-state index contributed by atoms with van der Waals surface area (Å²) in [5.74, 6) is 0.0848. The number of urea groups is 1. The summed E-state index contributed by atoms with van der Waals surface area (Å²) in [6.45, 7) is 5.13. The average molecular weight is 296 g/mol. The highest BCUT2D eigenvalue weighted by atomic mass is 16.4. The van der Waals surface area contributed by atoms with Gasteiger partial charge in [0.1, 0.15) is 0 Å². The molecule has 5 heteroatoms. The zero-order valence-corrected chi connectivity index (χ0v) is 13.2. The molecule has 0 aromatic rings. The Bertz CT molecular complexity index is 385. The molecule has 5 nitrogen and oxygen atoms in total. The van der Waals surface area contributed by atoms with Crippen molar-refractivity contribution in [1.82, 2.24) is 10.2 Å². The van der Waals surface area contributed by atoms with E-state index >= 15 is 0 Å². The van der Waals surface area contributed by atoms with Crippen LogP contribution in [0.5, 0.6) is 0 Å². The summed E-state index contributed by atoms with van der Waals surface area (Å²) in [7, 11) is 0. The Kier molecular flexibility index (Phi) is 5.12. The van der Waals surface area contributed by atoms with Gasteiger partial charge in [-0.25, -0.2) is 4.79 Å². The van der Waals surface area contributed by atoms with Crippen LogP contribution < -0.4 is 5.32 Å². The van der Waals surface area contributed by atoms with Crippen LogP contribution in [0.1, 0.15) is 58.8 Å². The molecule has 21 heavy (non-hydrogen) atoms. The second-order valence-electron chi connectivity index (χ2n) is 6.66. The lowest BCUT2D eigenvalue weighted by atomic mass is 9.76. The van der Waals surface area contributed by atoms with Gasteiger partial charge in [0.15, 0.2) is 0 Å². The lowest BCUT2D eigenvalue weighted by molar-refractivity contribution is -0.151. The lowest BCUT2D eigenvalue weighted by Crippen LogP contribution is -2.51. The number of hydrogen-bond acceptors (Lipinski definition) is 2. The van der Waals surface area contributed by atoms with E-state index in [0.717, 1.165) is 18.8 Å². The molecule has 0 bridgehead atoms. The van der Waals surface area contributed by atoms with Crippen molar-refractivity contribution in [2.24, 2.45) is 11.3 Å². The quantitative estimate of drug-likeness (QED) is 0.792. The molecule has 2 rings (SSSR count). The smallest absolute Gasteiger partial charge is 0.317 e. The maximum atomic E-state index is 12.3. The molecule has 2 N–H and O–H groups in total. The van der Waals surface area contributed by atoms with E-state index in [-0.39, 0.29) is 12.1 Å². The molecule has 2 aliphatic rings. The van der Waals surface area contributed by atoms with Gasteiger partial charge in [0.05, 0.1) is 5.41 Å². The molecule has 1 atom stereocenters. The summed E-state index contributed by atoms with van der Waals surface area (Å²) in [5, 5.41) is 12.5. The molecular weight excluding hydrogens is 268 g/mol. The first-order valence-electron chi connectivity index (χ1n) is 8.29. The molecule has 1 aliphatic carbocycles. The van der Waals surface area contributed by atoms with Crippen molar-refractivity contribution in [3.8, 4) is 0 Å². The van der Waals surface area contributed by atoms with Crippen LogP contribution in [0.4, 0.5) is 4.79 Å². The Morgan fingerprint density at radius 2 is 1.90 bits per heavy atom. The summed E-state index contributed by atoms with van der Waals surface area (Å²) in [6, 6.07) is 0.250. The summed E-state index contributed by atoms with van der Waals surface area (Å²) in [5.41, 5.74) is -0.630. The van der Waals surface area contributed by atoms with Crippen molar-refractivity contribution in [1.29, 1.82) is 0 Å². The van der Waals surface area contributed by atoms with Crippen LogP contribution in [0.15, 0.2) is 0 Å². The molecule has 1 saturated heterocycles. The van der Waals surface area contributed by atoms with Crippen LogP contribution >= 0.6 is 0 Å². The second-order valence-corrected chi connectivity index (χ2v) is 6.66. The predicted octanol–water partition coefficient (Wildman–Crippen LogP) is 2.85. The van der Waals surface area contributed by atoms with Crippen LogP contribution in [0, 0.1) is 11.3 Å². The van der Waals surface area contributed by atoms with Crippen LogP contribution in [-0.4, -0.2) is 41.1 Å². The van der Waals surface area contributed by atoms with E-state index < -0.39 is 11.4 Å². The fraction of sp³-hybridized carbons (Fsp3) is 0.875. The minimum atomic E-state index is -0.717. The van der Waals surface area contributed by atoms with Crippen molar-refractivity contribution in [3.05, 3.63) is 0 Å². The molecule has 0 spiro atoms. The van der Waals surface area contributed by atoms with Gasteiger partial charge in [0.2, 0.25) is 0 Å². The highest BCUT2D eigenvalue weighted by molar-refractivity contribution is 5.77. The molecule has 0 aromatic carbocycles. The second kappa shape index (κ2) is 6.67. The Hall–Kier alpha value is -1.26. The van der Waals surface area contributed by atoms with Gasteiger partial charge in [-0.3, -0.25) is 4.79 Å². The molecule has 0 aromatic heterocycles. The topological polar surface area (TPSA) is 69.6 Å². The molecule has 2 fully saturated rings. The first kappa shape index (κ1) is 16.1. The van der Waals surface area contributed by atoms with Crippen LogP contribution in [0.25, 0.3) is 0 Å². The van der Waals surface area contributed by atoms with E-state index in [4.69, 9.17) is 0 Å². The summed E-state index contributed by atoms with van der Waals surface area (Å²) < 4.78 is 0. The Morgan fingerprint density at radius 1 is 1.29 bits per heavy atom. The molecule has 1 unspecified atom stereocenters. The Labute approximate surface area is 127 Å². The third-order valence-corrected chi connectivity index (χ3v) is 5.27. The molecule has 1 heterocycles. The first-order valence-corrected chi connectivity index (χ1v) is 8.29. The number of carbonyl (C=O) groups is 2. The molecule has 1 aliphatic heterocycles. The Morgan fingerprint density at radius 3 is 2.33 bits per heavy atom. The van der Waals surface area contributed by atoms with Gasteiger partial charge >= 0.3 is 12.0 Å². The van der Waals surface area contributed by atoms with Crippen LogP contribution in [0.2, 0.25) is 0 Å². The number of amides is 2. The molecular formula is C16H28N2O3. The fourth-order valence-corrected chi connectivity index (χ4v) is 3.21. The van der Waals surface area contributed by atoms with Gasteiger partial charge in [0, 0.05) is 19.1 Å². The van der Waals surface area contributed by atoms with Crippen molar-refractivity contribution >= 4 is 12.0 Å². The number of rotatable bonds is 6. The molecule has 1 saturated carbocycles. The van der Waals surface area contributed by atoms with Gasteiger partial charge in [0.25, 0.3) is 0 Å². The number of carbonyl (C=O) groups excluding carboxylic acids is 1. The standard InChI is InChI=1S/C16H28N2O3/c1-3-13(11-12-5-6-12)17-15(21)18-9-7-16(4-2,8-10-18)14(19)20/h12-13H,3-11H2,1-2H3,(H,17,21)(H,19,20). The van der Waals surface area contributed by atoms with E-state index in [9.17, 15) is 14.7 Å². The van der Waals surface area contributed by atoms with Gasteiger partial charge in [-0.1, -0.05) is 26.7 Å². The third kappa shape index (κ3) is 3.89. The number of carboxylic acid groups (broad SMARTS) is 1. The van der Waals surface area contributed by atoms with E-state index in [1.807, 2.05) is 6.92 Å². The van der Waals surface area contributed by atoms with Crippen molar-refractivity contribution in [2.75, 3.05) is 13.1 Å². The fourth-order valence-electron chi connectivity index (χ4n) is 3.21. The van der Waals surface area contributed by atoms with Crippen molar-refractivity contribution in [2.45, 2.75) is 64.8 Å². The Balaban J connectivity index is 1.83. The number of nitrogens with one attached hydrogen (secondary N) is 1. The minimum absolute atomic E-state index is 0.0161. The predicted molar refractivity (Wildman–Crippen MR) is 81.1 cm³/mol. The molecule has 2 amide bonds. The lowest BCUT2D eigenvalue weighted by Gasteiger charge is -2.38. The minimum Gasteiger partial charge on any atom is -0.481 e. The monoisotopic (exact) mass is 296 g/mol. The van der Waals surface area contributed by atoms with E-state index in [1.54, 1.807) is 4.90 Å². The number of piperidine rings is 1.